The van der Waals surface area contributed by atoms with Gasteiger partial charge in [-0.3, -0.25) is 4.79 Å². The molecule has 1 saturated heterocycles. The molecule has 2 aromatic heterocycles. The number of halogens is 1. The van der Waals surface area contributed by atoms with Gasteiger partial charge in [0.05, 0.1) is 17.0 Å². The lowest BCUT2D eigenvalue weighted by molar-refractivity contribution is -0.111. The highest BCUT2D eigenvalue weighted by Crippen LogP contribution is 2.43. The molecule has 0 saturated carbocycles. The third-order valence-electron chi connectivity index (χ3n) is 4.55. The Bertz CT molecular complexity index is 909. The number of aliphatic hydroxyl groups is 3. The molecular formula is C15H15ClN4O5. The maximum atomic E-state index is 11.8. The van der Waals surface area contributed by atoms with E-state index >= 15 is 0 Å². The number of aromatic nitrogens is 3. The molecule has 4 rings (SSSR count). The van der Waals surface area contributed by atoms with Crippen LogP contribution in [0.1, 0.15) is 18.7 Å². The lowest BCUT2D eigenvalue weighted by atomic mass is 9.96. The van der Waals surface area contributed by atoms with E-state index in [2.05, 4.69) is 15.3 Å². The second-order valence-corrected chi connectivity index (χ2v) is 6.64. The second kappa shape index (κ2) is 5.48. The molecule has 0 unspecified atom stereocenters. The van der Waals surface area contributed by atoms with E-state index in [0.717, 1.165) is 0 Å². The molecular weight excluding hydrogens is 352 g/mol. The van der Waals surface area contributed by atoms with Crippen LogP contribution in [0.3, 0.4) is 0 Å². The Kier molecular flexibility index (Phi) is 3.60. The Morgan fingerprint density at radius 3 is 2.92 bits per heavy atom. The van der Waals surface area contributed by atoms with Crippen LogP contribution in [0.15, 0.2) is 18.6 Å². The van der Waals surface area contributed by atoms with Crippen LogP contribution in [0.5, 0.6) is 0 Å². The zero-order valence-electron chi connectivity index (χ0n) is 13.0. The number of carbonyl (C=O) groups excluding carboxylic acids is 1. The van der Waals surface area contributed by atoms with Crippen molar-refractivity contribution in [3.63, 3.8) is 0 Å². The number of anilines is 1. The smallest absolute Gasteiger partial charge is 0.251 e. The highest BCUT2D eigenvalue weighted by molar-refractivity contribution is 6.52. The van der Waals surface area contributed by atoms with Crippen LogP contribution in [0.4, 0.5) is 5.82 Å². The fourth-order valence-corrected chi connectivity index (χ4v) is 3.52. The first-order valence-electron chi connectivity index (χ1n) is 7.55. The molecule has 0 spiro atoms. The zero-order chi connectivity index (χ0) is 17.9. The van der Waals surface area contributed by atoms with Crippen LogP contribution in [0, 0.1) is 0 Å². The van der Waals surface area contributed by atoms with Gasteiger partial charge < -0.3 is 29.9 Å². The zero-order valence-corrected chi connectivity index (χ0v) is 13.8. The van der Waals surface area contributed by atoms with E-state index in [1.807, 2.05) is 0 Å². The maximum Gasteiger partial charge on any atom is 0.251 e. The summed E-state index contributed by atoms with van der Waals surface area (Å²) in [6.45, 7) is 0.966. The lowest BCUT2D eigenvalue weighted by Gasteiger charge is -2.27. The van der Waals surface area contributed by atoms with Gasteiger partial charge in [0, 0.05) is 17.8 Å². The van der Waals surface area contributed by atoms with E-state index in [1.165, 1.54) is 23.9 Å². The van der Waals surface area contributed by atoms with Crippen LogP contribution < -0.4 is 5.32 Å². The molecule has 0 radical (unpaired) electrons. The fraction of sp³-hybridized carbons (Fsp3) is 0.400. The Labute approximate surface area is 146 Å². The van der Waals surface area contributed by atoms with Gasteiger partial charge in [-0.2, -0.15) is 0 Å². The van der Waals surface area contributed by atoms with Crippen LogP contribution in [-0.4, -0.2) is 60.2 Å². The normalized spacial score (nSPS) is 31.8. The van der Waals surface area contributed by atoms with Crippen LogP contribution in [-0.2, 0) is 9.53 Å². The minimum atomic E-state index is -1.68. The Hall–Kier alpha value is -2.04. The maximum absolute atomic E-state index is 11.8. The van der Waals surface area contributed by atoms with Gasteiger partial charge in [-0.05, 0) is 6.92 Å². The molecule has 9 nitrogen and oxygen atoms in total. The molecule has 4 N–H and O–H groups in total. The molecule has 0 aromatic carbocycles. The minimum absolute atomic E-state index is 0.187. The summed E-state index contributed by atoms with van der Waals surface area (Å²) in [6, 6.07) is 0. The van der Waals surface area contributed by atoms with E-state index in [-0.39, 0.29) is 10.9 Å². The molecule has 4 heterocycles. The van der Waals surface area contributed by atoms with Crippen molar-refractivity contribution in [3.8, 4) is 0 Å². The number of nitrogens with one attached hydrogen (secondary N) is 1. The van der Waals surface area contributed by atoms with Crippen molar-refractivity contribution < 1.29 is 24.9 Å². The topological polar surface area (TPSA) is 130 Å². The monoisotopic (exact) mass is 366 g/mol. The summed E-state index contributed by atoms with van der Waals surface area (Å²) in [6.07, 6.45) is 0.818. The van der Waals surface area contributed by atoms with E-state index in [1.54, 1.807) is 6.20 Å². The van der Waals surface area contributed by atoms with Crippen LogP contribution in [0.2, 0.25) is 0 Å². The summed E-state index contributed by atoms with van der Waals surface area (Å²) in [4.78, 5) is 20.1. The van der Waals surface area contributed by atoms with E-state index in [9.17, 15) is 20.1 Å². The molecule has 4 atom stereocenters. The first-order chi connectivity index (χ1) is 11.8. The number of rotatable bonds is 2. The Morgan fingerprint density at radius 2 is 2.24 bits per heavy atom. The molecule has 0 aliphatic carbocycles. The average Bonchev–Trinajstić information content (AvgIpc) is 3.00. The molecule has 2 aromatic rings. The summed E-state index contributed by atoms with van der Waals surface area (Å²) >= 11 is 6.23. The van der Waals surface area contributed by atoms with Crippen molar-refractivity contribution in [2.24, 2.45) is 0 Å². The number of carbonyl (C=O) groups is 1. The molecule has 1 fully saturated rings. The molecule has 25 heavy (non-hydrogen) atoms. The van der Waals surface area contributed by atoms with Gasteiger partial charge in [-0.15, -0.1) is 0 Å². The van der Waals surface area contributed by atoms with E-state index < -0.39 is 36.6 Å². The lowest BCUT2D eigenvalue weighted by Crippen LogP contribution is -2.44. The van der Waals surface area contributed by atoms with Gasteiger partial charge in [0.15, 0.2) is 6.23 Å². The second-order valence-electron chi connectivity index (χ2n) is 6.23. The average molecular weight is 367 g/mol. The van der Waals surface area contributed by atoms with Gasteiger partial charge >= 0.3 is 0 Å². The fourth-order valence-electron chi connectivity index (χ4n) is 3.28. The van der Waals surface area contributed by atoms with Crippen molar-refractivity contribution >= 4 is 39.4 Å². The van der Waals surface area contributed by atoms with Gasteiger partial charge in [-0.25, -0.2) is 9.97 Å². The van der Waals surface area contributed by atoms with Crippen molar-refractivity contribution in [1.29, 1.82) is 0 Å². The summed E-state index contributed by atoms with van der Waals surface area (Å²) < 4.78 is 7.16. The van der Waals surface area contributed by atoms with Crippen molar-refractivity contribution in [1.82, 2.24) is 14.5 Å². The van der Waals surface area contributed by atoms with E-state index in [0.29, 0.717) is 16.6 Å². The van der Waals surface area contributed by atoms with Gasteiger partial charge in [0.25, 0.3) is 5.91 Å². The Balaban J connectivity index is 1.94. The number of amides is 1. The van der Waals surface area contributed by atoms with Crippen LogP contribution in [0.25, 0.3) is 16.1 Å². The molecule has 132 valence electrons. The summed E-state index contributed by atoms with van der Waals surface area (Å²) in [5.41, 5.74) is -0.817. The number of aliphatic hydroxyl groups excluding tert-OH is 2. The largest absolute Gasteiger partial charge is 0.394 e. The van der Waals surface area contributed by atoms with Gasteiger partial charge in [-0.1, -0.05) is 11.6 Å². The highest BCUT2D eigenvalue weighted by Gasteiger charge is 2.53. The quantitative estimate of drug-likeness (QED) is 0.587. The molecule has 2 aliphatic heterocycles. The first-order valence-corrected chi connectivity index (χ1v) is 7.93. The Morgan fingerprint density at radius 1 is 1.48 bits per heavy atom. The number of nitrogens with zero attached hydrogens (tertiary/aromatic N) is 3. The molecule has 1 amide bonds. The number of hydrogen-bond acceptors (Lipinski definition) is 7. The molecule has 10 heteroatoms. The van der Waals surface area contributed by atoms with Crippen molar-refractivity contribution in [2.75, 3.05) is 11.9 Å². The highest BCUT2D eigenvalue weighted by atomic mass is 35.5. The third kappa shape index (κ3) is 2.28. The summed E-state index contributed by atoms with van der Waals surface area (Å²) in [7, 11) is 0. The molecule has 0 bridgehead atoms. The SMILES string of the molecule is C[C@@]1(O)[C@H](O)[C@@H](CO)O[C@H]1n1cc2c3c(ncnc31)NC(=O)C=C2Cl. The first kappa shape index (κ1) is 16.4. The van der Waals surface area contributed by atoms with E-state index in [4.69, 9.17) is 16.3 Å². The predicted molar refractivity (Wildman–Crippen MR) is 87.6 cm³/mol. The molecule has 2 aliphatic rings. The number of ether oxygens (including phenoxy) is 1. The minimum Gasteiger partial charge on any atom is -0.394 e. The summed E-state index contributed by atoms with van der Waals surface area (Å²) in [5.74, 6) is -0.125. The predicted octanol–water partition coefficient (Wildman–Crippen LogP) is -0.0353. The van der Waals surface area contributed by atoms with Crippen molar-refractivity contribution in [3.05, 3.63) is 24.2 Å². The summed E-state index contributed by atoms with van der Waals surface area (Å²) in [5, 5.41) is 33.6. The van der Waals surface area contributed by atoms with Gasteiger partial charge in [0.2, 0.25) is 0 Å². The van der Waals surface area contributed by atoms with Crippen molar-refractivity contribution in [2.45, 2.75) is 31.0 Å². The number of hydrogen-bond donors (Lipinski definition) is 4. The van der Waals surface area contributed by atoms with Crippen LogP contribution >= 0.6 is 11.6 Å². The van der Waals surface area contributed by atoms with Gasteiger partial charge in [0.1, 0.15) is 35.6 Å². The standard InChI is InChI=1S/C15H15ClN4O5/c1-15(24)11(23)8(4-21)25-14(15)20-3-6-7(16)2-9(22)19-12-10(6)13(20)18-5-17-12/h2-3,5,8,11,14,21,23-24H,4H2,1H3,(H,17,18,19,22)/t8-,11-,14-,15-/m1/s1. The third-order valence-corrected chi connectivity index (χ3v) is 4.87.